The number of H-pyrrole nitrogens is 1. The van der Waals surface area contributed by atoms with Gasteiger partial charge in [0.1, 0.15) is 5.82 Å². The highest BCUT2D eigenvalue weighted by Gasteiger charge is 2.17. The van der Waals surface area contributed by atoms with Crippen molar-refractivity contribution in [1.82, 2.24) is 10.2 Å². The maximum atomic E-state index is 13.2. The Morgan fingerprint density at radius 3 is 2.52 bits per heavy atom. The Hall–Kier alpha value is -1.85. The van der Waals surface area contributed by atoms with Gasteiger partial charge < -0.3 is 5.73 Å². The molecule has 0 aliphatic heterocycles. The van der Waals surface area contributed by atoms with Crippen LogP contribution in [0.15, 0.2) is 46.9 Å². The number of aromatic amines is 1. The average molecular weight is 367 g/mol. The maximum Gasteiger partial charge on any atom is 0.153 e. The van der Waals surface area contributed by atoms with Gasteiger partial charge in [-0.3, -0.25) is 5.10 Å². The molecule has 3 nitrogen and oxygen atoms in total. The van der Waals surface area contributed by atoms with E-state index < -0.39 is 5.82 Å². The Morgan fingerprint density at radius 2 is 1.86 bits per heavy atom. The first-order valence-electron chi connectivity index (χ1n) is 6.11. The van der Waals surface area contributed by atoms with Crippen molar-refractivity contribution < 1.29 is 4.39 Å². The number of hydrogen-bond acceptors (Lipinski definition) is 2. The van der Waals surface area contributed by atoms with Crippen molar-refractivity contribution in [2.45, 2.75) is 0 Å². The fourth-order valence-corrected chi connectivity index (χ4v) is 2.67. The zero-order valence-corrected chi connectivity index (χ0v) is 13.0. The first kappa shape index (κ1) is 14.1. The number of rotatable bonds is 2. The lowest BCUT2D eigenvalue weighted by Gasteiger charge is -2.07. The number of nitrogens with two attached hydrogens (primary N) is 1. The lowest BCUT2D eigenvalue weighted by Crippen LogP contribution is -1.90. The number of anilines is 1. The number of nitrogen functional groups attached to an aromatic ring is 1. The molecule has 106 valence electrons. The summed E-state index contributed by atoms with van der Waals surface area (Å²) in [5, 5.41) is 7.24. The molecule has 0 aliphatic carbocycles. The van der Waals surface area contributed by atoms with E-state index in [1.165, 1.54) is 12.1 Å². The van der Waals surface area contributed by atoms with Crippen molar-refractivity contribution >= 4 is 33.3 Å². The zero-order chi connectivity index (χ0) is 15.0. The van der Waals surface area contributed by atoms with Gasteiger partial charge in [-0.05, 0) is 30.3 Å². The van der Waals surface area contributed by atoms with Crippen molar-refractivity contribution in [3.8, 4) is 22.4 Å². The van der Waals surface area contributed by atoms with Gasteiger partial charge >= 0.3 is 0 Å². The number of hydrogen-bond donors (Lipinski definition) is 2. The van der Waals surface area contributed by atoms with Crippen molar-refractivity contribution in [3.05, 3.63) is 57.8 Å². The van der Waals surface area contributed by atoms with E-state index in [0.717, 1.165) is 15.7 Å². The molecule has 0 aliphatic rings. The number of aromatic nitrogens is 2. The second-order valence-electron chi connectivity index (χ2n) is 4.49. The second kappa shape index (κ2) is 5.50. The van der Waals surface area contributed by atoms with Gasteiger partial charge in [0.05, 0.1) is 16.3 Å². The topological polar surface area (TPSA) is 54.7 Å². The van der Waals surface area contributed by atoms with Gasteiger partial charge in [-0.15, -0.1) is 0 Å². The molecule has 6 heteroatoms. The lowest BCUT2D eigenvalue weighted by molar-refractivity contribution is 0.628. The van der Waals surface area contributed by atoms with Crippen molar-refractivity contribution in [2.75, 3.05) is 5.73 Å². The standard InChI is InChI=1S/C15H10BrClFN3/c16-9-3-1-8(2-4-9)14-13(15(19)21-20-14)11-6-5-10(18)7-12(11)17/h1-7H,(H3,19,20,21). The fourth-order valence-electron chi connectivity index (χ4n) is 2.15. The van der Waals surface area contributed by atoms with Crippen LogP contribution in [0.5, 0.6) is 0 Å². The third-order valence-electron chi connectivity index (χ3n) is 3.13. The summed E-state index contributed by atoms with van der Waals surface area (Å²) in [6.45, 7) is 0. The Labute approximate surface area is 134 Å². The maximum absolute atomic E-state index is 13.2. The summed E-state index contributed by atoms with van der Waals surface area (Å²) in [5.41, 5.74) is 8.91. The Balaban J connectivity index is 2.19. The van der Waals surface area contributed by atoms with Crippen molar-refractivity contribution in [3.63, 3.8) is 0 Å². The van der Waals surface area contributed by atoms with Crippen molar-refractivity contribution in [1.29, 1.82) is 0 Å². The van der Waals surface area contributed by atoms with E-state index in [2.05, 4.69) is 26.1 Å². The van der Waals surface area contributed by atoms with Crippen LogP contribution in [0.25, 0.3) is 22.4 Å². The molecule has 3 aromatic rings. The Kier molecular flexibility index (Phi) is 3.69. The molecule has 0 unspecified atom stereocenters. The molecule has 0 spiro atoms. The summed E-state index contributed by atoms with van der Waals surface area (Å²) in [6.07, 6.45) is 0. The summed E-state index contributed by atoms with van der Waals surface area (Å²) in [7, 11) is 0. The lowest BCUT2D eigenvalue weighted by atomic mass is 10.0. The van der Waals surface area contributed by atoms with Crippen LogP contribution in [-0.2, 0) is 0 Å². The normalized spacial score (nSPS) is 10.8. The second-order valence-corrected chi connectivity index (χ2v) is 5.81. The van der Waals surface area contributed by atoms with Gasteiger partial charge in [0.2, 0.25) is 0 Å². The molecule has 1 heterocycles. The SMILES string of the molecule is Nc1n[nH]c(-c2ccc(Br)cc2)c1-c1ccc(F)cc1Cl. The van der Waals surface area contributed by atoms with Gasteiger partial charge in [-0.25, -0.2) is 4.39 Å². The zero-order valence-electron chi connectivity index (χ0n) is 10.7. The van der Waals surface area contributed by atoms with Gasteiger partial charge in [0.15, 0.2) is 5.82 Å². The third-order valence-corrected chi connectivity index (χ3v) is 3.97. The molecular formula is C15H10BrClFN3. The molecule has 0 radical (unpaired) electrons. The van der Waals surface area contributed by atoms with Gasteiger partial charge in [0, 0.05) is 15.6 Å². The highest BCUT2D eigenvalue weighted by molar-refractivity contribution is 9.10. The van der Waals surface area contributed by atoms with E-state index in [1.807, 2.05) is 24.3 Å². The minimum atomic E-state index is -0.393. The number of halogens is 3. The number of benzene rings is 2. The molecule has 0 bridgehead atoms. The first-order valence-corrected chi connectivity index (χ1v) is 7.28. The summed E-state index contributed by atoms with van der Waals surface area (Å²) in [5.74, 6) is -0.0718. The smallest absolute Gasteiger partial charge is 0.153 e. The van der Waals surface area contributed by atoms with E-state index in [-0.39, 0.29) is 0 Å². The third kappa shape index (κ3) is 2.66. The molecule has 0 saturated carbocycles. The molecule has 0 saturated heterocycles. The Bertz CT molecular complexity index is 799. The molecule has 3 rings (SSSR count). The molecule has 0 fully saturated rings. The highest BCUT2D eigenvalue weighted by Crippen LogP contribution is 2.38. The molecule has 0 amide bonds. The highest BCUT2D eigenvalue weighted by atomic mass is 79.9. The predicted octanol–water partition coefficient (Wildman–Crippen LogP) is 4.88. The van der Waals surface area contributed by atoms with Crippen LogP contribution in [0.1, 0.15) is 0 Å². The molecule has 3 N–H and O–H groups in total. The first-order chi connectivity index (χ1) is 10.1. The van der Waals surface area contributed by atoms with E-state index >= 15 is 0 Å². The van der Waals surface area contributed by atoms with Crippen LogP contribution in [0.4, 0.5) is 10.2 Å². The van der Waals surface area contributed by atoms with Crippen LogP contribution >= 0.6 is 27.5 Å². The van der Waals surface area contributed by atoms with E-state index in [0.29, 0.717) is 22.0 Å². The summed E-state index contributed by atoms with van der Waals surface area (Å²) in [6, 6.07) is 11.9. The molecule has 2 aromatic carbocycles. The molecule has 0 atom stereocenters. The number of nitrogens with one attached hydrogen (secondary N) is 1. The quantitative estimate of drug-likeness (QED) is 0.679. The van der Waals surface area contributed by atoms with Gasteiger partial charge in [0.25, 0.3) is 0 Å². The summed E-state index contributed by atoms with van der Waals surface area (Å²) in [4.78, 5) is 0. The van der Waals surface area contributed by atoms with E-state index in [1.54, 1.807) is 6.07 Å². The fraction of sp³-hybridized carbons (Fsp3) is 0. The molecular weight excluding hydrogens is 357 g/mol. The van der Waals surface area contributed by atoms with Gasteiger partial charge in [-0.1, -0.05) is 39.7 Å². The van der Waals surface area contributed by atoms with Gasteiger partial charge in [-0.2, -0.15) is 5.10 Å². The number of nitrogens with zero attached hydrogens (tertiary/aromatic N) is 1. The predicted molar refractivity (Wildman–Crippen MR) is 86.5 cm³/mol. The van der Waals surface area contributed by atoms with Crippen LogP contribution in [0.2, 0.25) is 5.02 Å². The van der Waals surface area contributed by atoms with Crippen molar-refractivity contribution in [2.24, 2.45) is 0 Å². The van der Waals surface area contributed by atoms with Crippen LogP contribution in [-0.4, -0.2) is 10.2 Å². The minimum Gasteiger partial charge on any atom is -0.382 e. The summed E-state index contributed by atoms with van der Waals surface area (Å²) >= 11 is 9.53. The van der Waals surface area contributed by atoms with Crippen LogP contribution in [0, 0.1) is 5.82 Å². The van der Waals surface area contributed by atoms with E-state index in [4.69, 9.17) is 17.3 Å². The largest absolute Gasteiger partial charge is 0.382 e. The average Bonchev–Trinajstić information content (AvgIpc) is 2.82. The summed E-state index contributed by atoms with van der Waals surface area (Å²) < 4.78 is 14.2. The Morgan fingerprint density at radius 1 is 1.14 bits per heavy atom. The van der Waals surface area contributed by atoms with Crippen LogP contribution in [0.3, 0.4) is 0 Å². The minimum absolute atomic E-state index is 0.293. The molecule has 21 heavy (non-hydrogen) atoms. The molecule has 1 aromatic heterocycles. The van der Waals surface area contributed by atoms with Crippen LogP contribution < -0.4 is 5.73 Å². The monoisotopic (exact) mass is 365 g/mol. The van der Waals surface area contributed by atoms with E-state index in [9.17, 15) is 4.39 Å².